The molecule has 1 fully saturated rings. The van der Waals surface area contributed by atoms with E-state index < -0.39 is 16.1 Å². The lowest BCUT2D eigenvalue weighted by molar-refractivity contribution is -0.384. The van der Waals surface area contributed by atoms with Crippen molar-refractivity contribution in [3.63, 3.8) is 0 Å². The lowest BCUT2D eigenvalue weighted by Gasteiger charge is -2.13. The summed E-state index contributed by atoms with van der Waals surface area (Å²) in [6, 6.07) is 20.3. The van der Waals surface area contributed by atoms with Gasteiger partial charge in [-0.2, -0.15) is 5.26 Å². The molecule has 1 aliphatic heterocycles. The molecular weight excluding hydrogens is 534 g/mol. The van der Waals surface area contributed by atoms with Crippen molar-refractivity contribution in [3.05, 3.63) is 108 Å². The number of hydrogen-bond acceptors (Lipinski definition) is 7. The van der Waals surface area contributed by atoms with Crippen LogP contribution < -0.4 is 4.74 Å². The molecule has 0 N–H and O–H groups in total. The number of thioether (sulfide) groups is 1. The SMILES string of the molecule is N#Cc1ccccc1COc1ccc(Br)cc1/C=C1\SC(=O)N(Cc2cccc([N+](=O)[O-])c2)C1=O. The van der Waals surface area contributed by atoms with Crippen LogP contribution in [0.3, 0.4) is 0 Å². The zero-order valence-corrected chi connectivity index (χ0v) is 20.4. The lowest BCUT2D eigenvalue weighted by Crippen LogP contribution is -2.27. The first kappa shape index (κ1) is 24.2. The molecule has 10 heteroatoms. The Bertz CT molecular complexity index is 1420. The Kier molecular flexibility index (Phi) is 7.29. The molecule has 0 unspecified atom stereocenters. The molecule has 0 spiro atoms. The summed E-state index contributed by atoms with van der Waals surface area (Å²) in [5.41, 5.74) is 2.17. The molecule has 35 heavy (non-hydrogen) atoms. The quantitative estimate of drug-likeness (QED) is 0.200. The van der Waals surface area contributed by atoms with Gasteiger partial charge in [0.15, 0.2) is 0 Å². The van der Waals surface area contributed by atoms with Crippen LogP contribution in [0.15, 0.2) is 76.1 Å². The number of ether oxygens (including phenoxy) is 1. The van der Waals surface area contributed by atoms with Gasteiger partial charge in [-0.25, -0.2) is 0 Å². The second-order valence-electron chi connectivity index (χ2n) is 7.43. The summed E-state index contributed by atoms with van der Waals surface area (Å²) in [4.78, 5) is 37.3. The van der Waals surface area contributed by atoms with Gasteiger partial charge in [0.05, 0.1) is 28.0 Å². The third kappa shape index (κ3) is 5.59. The highest BCUT2D eigenvalue weighted by Gasteiger charge is 2.35. The minimum Gasteiger partial charge on any atom is -0.488 e. The third-order valence-electron chi connectivity index (χ3n) is 5.12. The van der Waals surface area contributed by atoms with E-state index in [1.54, 1.807) is 48.5 Å². The van der Waals surface area contributed by atoms with Crippen LogP contribution in [0.2, 0.25) is 0 Å². The number of hydrogen-bond donors (Lipinski definition) is 0. The maximum atomic E-state index is 13.0. The van der Waals surface area contributed by atoms with E-state index in [9.17, 15) is 25.0 Å². The van der Waals surface area contributed by atoms with Crippen LogP contribution in [0.25, 0.3) is 6.08 Å². The van der Waals surface area contributed by atoms with Gasteiger partial charge in [0.25, 0.3) is 16.8 Å². The van der Waals surface area contributed by atoms with Crippen LogP contribution in [0.4, 0.5) is 10.5 Å². The summed E-state index contributed by atoms with van der Waals surface area (Å²) in [7, 11) is 0. The zero-order chi connectivity index (χ0) is 24.9. The normalized spacial score (nSPS) is 14.3. The minimum absolute atomic E-state index is 0.0729. The predicted molar refractivity (Wildman–Crippen MR) is 134 cm³/mol. The Balaban J connectivity index is 1.56. The van der Waals surface area contributed by atoms with Gasteiger partial charge < -0.3 is 4.74 Å². The highest BCUT2D eigenvalue weighted by atomic mass is 79.9. The first-order chi connectivity index (χ1) is 16.9. The maximum absolute atomic E-state index is 13.0. The molecule has 4 rings (SSSR count). The van der Waals surface area contributed by atoms with Crippen molar-refractivity contribution < 1.29 is 19.2 Å². The molecule has 0 atom stereocenters. The van der Waals surface area contributed by atoms with Gasteiger partial charge in [-0.3, -0.25) is 24.6 Å². The van der Waals surface area contributed by atoms with E-state index in [4.69, 9.17) is 4.74 Å². The number of non-ortho nitro benzene ring substituents is 1. The van der Waals surface area contributed by atoms with Crippen molar-refractivity contribution in [2.75, 3.05) is 0 Å². The molecule has 174 valence electrons. The van der Waals surface area contributed by atoms with Crippen molar-refractivity contribution >= 4 is 50.6 Å². The second-order valence-corrected chi connectivity index (χ2v) is 9.34. The third-order valence-corrected chi connectivity index (χ3v) is 6.52. The summed E-state index contributed by atoms with van der Waals surface area (Å²) >= 11 is 4.21. The number of rotatable bonds is 7. The molecule has 1 saturated heterocycles. The maximum Gasteiger partial charge on any atom is 0.293 e. The van der Waals surface area contributed by atoms with E-state index >= 15 is 0 Å². The van der Waals surface area contributed by atoms with Gasteiger partial charge in [0.2, 0.25) is 0 Å². The molecule has 0 aliphatic carbocycles. The smallest absolute Gasteiger partial charge is 0.293 e. The fourth-order valence-electron chi connectivity index (χ4n) is 3.40. The number of nitrogens with zero attached hydrogens (tertiary/aromatic N) is 3. The standard InChI is InChI=1S/C25H16BrN3O5S/c26-20-8-9-22(34-15-18-6-2-1-5-17(18)13-27)19(11-20)12-23-24(30)28(25(31)35-23)14-16-4-3-7-21(10-16)29(32)33/h1-12H,14-15H2/b23-12-. The lowest BCUT2D eigenvalue weighted by atomic mass is 10.1. The molecule has 3 aromatic rings. The topological polar surface area (TPSA) is 114 Å². The molecule has 8 nitrogen and oxygen atoms in total. The van der Waals surface area contributed by atoms with Crippen LogP contribution in [-0.2, 0) is 17.9 Å². The Hall–Kier alpha value is -3.94. The zero-order valence-electron chi connectivity index (χ0n) is 18.0. The van der Waals surface area contributed by atoms with Gasteiger partial charge in [0.1, 0.15) is 12.4 Å². The Labute approximate surface area is 213 Å². The fourth-order valence-corrected chi connectivity index (χ4v) is 4.61. The number of amides is 2. The van der Waals surface area contributed by atoms with E-state index in [-0.39, 0.29) is 23.7 Å². The molecule has 2 amide bonds. The highest BCUT2D eigenvalue weighted by molar-refractivity contribution is 9.10. The van der Waals surface area contributed by atoms with Gasteiger partial charge in [-0.1, -0.05) is 46.3 Å². The molecule has 3 aromatic carbocycles. The summed E-state index contributed by atoms with van der Waals surface area (Å²) in [5, 5.41) is 19.9. The molecule has 0 radical (unpaired) electrons. The minimum atomic E-state index is -0.527. The Morgan fingerprint density at radius 2 is 1.91 bits per heavy atom. The van der Waals surface area contributed by atoms with E-state index in [2.05, 4.69) is 22.0 Å². The fraction of sp³-hybridized carbons (Fsp3) is 0.0800. The van der Waals surface area contributed by atoms with Crippen molar-refractivity contribution in [3.8, 4) is 11.8 Å². The summed E-state index contributed by atoms with van der Waals surface area (Å²) < 4.78 is 6.71. The van der Waals surface area contributed by atoms with Crippen LogP contribution >= 0.6 is 27.7 Å². The summed E-state index contributed by atoms with van der Waals surface area (Å²) in [6.07, 6.45) is 1.58. The number of carbonyl (C=O) groups excluding carboxylic acids is 2. The summed E-state index contributed by atoms with van der Waals surface area (Å²) in [5.74, 6) is -0.0151. The van der Waals surface area contributed by atoms with Gasteiger partial charge in [0, 0.05) is 27.7 Å². The van der Waals surface area contributed by atoms with Crippen LogP contribution in [-0.4, -0.2) is 21.0 Å². The summed E-state index contributed by atoms with van der Waals surface area (Å²) in [6.45, 7) is 0.0803. The average Bonchev–Trinajstić information content (AvgIpc) is 3.11. The number of imide groups is 1. The van der Waals surface area contributed by atoms with E-state index in [1.165, 1.54) is 18.2 Å². The Morgan fingerprint density at radius 1 is 1.11 bits per heavy atom. The number of benzene rings is 3. The number of nitro groups is 1. The van der Waals surface area contributed by atoms with Crippen molar-refractivity contribution in [1.29, 1.82) is 5.26 Å². The van der Waals surface area contributed by atoms with Gasteiger partial charge >= 0.3 is 0 Å². The van der Waals surface area contributed by atoms with Crippen LogP contribution in [0.1, 0.15) is 22.3 Å². The number of nitro benzene ring substituents is 1. The largest absolute Gasteiger partial charge is 0.488 e. The van der Waals surface area contributed by atoms with Crippen molar-refractivity contribution in [2.24, 2.45) is 0 Å². The number of nitriles is 1. The Morgan fingerprint density at radius 3 is 2.69 bits per heavy atom. The first-order valence-corrected chi connectivity index (χ1v) is 11.9. The number of halogens is 1. The monoisotopic (exact) mass is 549 g/mol. The molecule has 0 bridgehead atoms. The predicted octanol–water partition coefficient (Wildman–Crippen LogP) is 6.04. The van der Waals surface area contributed by atoms with E-state index in [1.807, 2.05) is 6.07 Å². The molecule has 0 saturated carbocycles. The molecule has 1 heterocycles. The van der Waals surface area contributed by atoms with Crippen LogP contribution in [0.5, 0.6) is 5.75 Å². The second kappa shape index (κ2) is 10.5. The first-order valence-electron chi connectivity index (χ1n) is 10.2. The highest BCUT2D eigenvalue weighted by Crippen LogP contribution is 2.36. The molecule has 0 aromatic heterocycles. The van der Waals surface area contributed by atoms with E-state index in [0.29, 0.717) is 22.4 Å². The van der Waals surface area contributed by atoms with Crippen molar-refractivity contribution in [1.82, 2.24) is 4.90 Å². The van der Waals surface area contributed by atoms with Gasteiger partial charge in [-0.05, 0) is 47.7 Å². The molecular formula is C25H16BrN3O5S. The molecule has 1 aliphatic rings. The van der Waals surface area contributed by atoms with Gasteiger partial charge in [-0.15, -0.1) is 0 Å². The van der Waals surface area contributed by atoms with E-state index in [0.717, 1.165) is 26.7 Å². The van der Waals surface area contributed by atoms with Crippen LogP contribution in [0, 0.1) is 21.4 Å². The van der Waals surface area contributed by atoms with Crippen molar-refractivity contribution in [2.45, 2.75) is 13.2 Å². The number of carbonyl (C=O) groups is 2. The average molecular weight is 550 g/mol.